The summed E-state index contributed by atoms with van der Waals surface area (Å²) >= 11 is 3.47. The smallest absolute Gasteiger partial charge is 0.237 e. The second kappa shape index (κ2) is 5.87. The van der Waals surface area contributed by atoms with Crippen LogP contribution >= 0.6 is 15.9 Å². The maximum Gasteiger partial charge on any atom is 0.237 e. The number of Topliss-reactive ketones (excluding diaryl/α,β-unsaturated/α-hetero) is 1. The molecule has 1 aromatic carbocycles. The highest BCUT2D eigenvalue weighted by Crippen LogP contribution is 2.31. The molecule has 1 aliphatic rings. The summed E-state index contributed by atoms with van der Waals surface area (Å²) in [4.78, 5) is 26.4. The number of piperidine rings is 1. The van der Waals surface area contributed by atoms with Crippen LogP contribution in [0.15, 0.2) is 28.7 Å². The Hall–Kier alpha value is -1.16. The van der Waals surface area contributed by atoms with Crippen molar-refractivity contribution in [1.82, 2.24) is 0 Å². The molecule has 0 radical (unpaired) electrons. The van der Waals surface area contributed by atoms with Gasteiger partial charge in [0.05, 0.1) is 11.6 Å². The number of rotatable bonds is 3. The lowest BCUT2D eigenvalue weighted by Gasteiger charge is -2.32. The van der Waals surface area contributed by atoms with Crippen LogP contribution in [-0.2, 0) is 9.59 Å². The normalized spacial score (nSPS) is 19.9. The highest BCUT2D eigenvalue weighted by Gasteiger charge is 2.35. The summed E-state index contributed by atoms with van der Waals surface area (Å²) in [7, 11) is 0. The van der Waals surface area contributed by atoms with Gasteiger partial charge in [-0.3, -0.25) is 9.59 Å². The molecular weight excluding hydrogens is 306 g/mol. The predicted octanol–water partition coefficient (Wildman–Crippen LogP) is 3.42. The summed E-state index contributed by atoms with van der Waals surface area (Å²) < 4.78 is 0.890. The number of hydrogen-bond donors (Lipinski definition) is 0. The minimum Gasteiger partial charge on any atom is -0.311 e. The lowest BCUT2D eigenvalue weighted by atomic mass is 9.87. The third-order valence-corrected chi connectivity index (χ3v) is 4.16. The number of halogens is 1. The van der Waals surface area contributed by atoms with Gasteiger partial charge in [-0.2, -0.15) is 0 Å². The van der Waals surface area contributed by atoms with Gasteiger partial charge in [0.2, 0.25) is 5.91 Å². The monoisotopic (exact) mass is 323 g/mol. The fourth-order valence-corrected chi connectivity index (χ4v) is 2.95. The molecule has 3 nitrogen and oxygen atoms in total. The summed E-state index contributed by atoms with van der Waals surface area (Å²) in [6.07, 6.45) is 1.55. The Kier molecular flexibility index (Phi) is 4.40. The molecule has 0 spiro atoms. The molecule has 1 amide bonds. The number of amides is 1. The molecule has 0 aromatic heterocycles. The molecule has 1 unspecified atom stereocenters. The molecular formula is C15H18BrNO2. The average Bonchev–Trinajstić information content (AvgIpc) is 2.39. The topological polar surface area (TPSA) is 37.4 Å². The molecule has 2 rings (SSSR count). The molecule has 1 aliphatic heterocycles. The van der Waals surface area contributed by atoms with Crippen LogP contribution in [0.5, 0.6) is 0 Å². The van der Waals surface area contributed by atoms with Crippen LogP contribution in [0.25, 0.3) is 0 Å². The van der Waals surface area contributed by atoms with Crippen molar-refractivity contribution in [2.45, 2.75) is 26.7 Å². The Bertz CT molecular complexity index is 499. The van der Waals surface area contributed by atoms with Gasteiger partial charge in [0.25, 0.3) is 0 Å². The first-order valence-corrected chi connectivity index (χ1v) is 7.41. The third kappa shape index (κ3) is 2.89. The summed E-state index contributed by atoms with van der Waals surface area (Å²) in [5.74, 6) is -0.562. The van der Waals surface area contributed by atoms with Crippen molar-refractivity contribution in [1.29, 1.82) is 0 Å². The molecule has 0 saturated carbocycles. The summed E-state index contributed by atoms with van der Waals surface area (Å²) in [5.41, 5.74) is 0.855. The van der Waals surface area contributed by atoms with Gasteiger partial charge in [0.1, 0.15) is 5.78 Å². The van der Waals surface area contributed by atoms with E-state index in [0.29, 0.717) is 13.0 Å². The van der Waals surface area contributed by atoms with Crippen LogP contribution in [0.2, 0.25) is 0 Å². The van der Waals surface area contributed by atoms with Crippen LogP contribution in [0.3, 0.4) is 0 Å². The molecule has 0 N–H and O–H groups in total. The number of para-hydroxylation sites is 1. The van der Waals surface area contributed by atoms with E-state index in [1.165, 1.54) is 0 Å². The summed E-state index contributed by atoms with van der Waals surface area (Å²) in [6, 6.07) is 7.64. The van der Waals surface area contributed by atoms with E-state index in [1.807, 2.05) is 38.1 Å². The van der Waals surface area contributed by atoms with E-state index in [1.54, 1.807) is 4.90 Å². The first kappa shape index (κ1) is 14.3. The van der Waals surface area contributed by atoms with Gasteiger partial charge in [-0.05, 0) is 40.9 Å². The van der Waals surface area contributed by atoms with Gasteiger partial charge in [0.15, 0.2) is 0 Å². The van der Waals surface area contributed by atoms with Gasteiger partial charge in [-0.1, -0.05) is 26.0 Å². The number of benzene rings is 1. The Morgan fingerprint density at radius 3 is 2.68 bits per heavy atom. The molecule has 1 atom stereocenters. The number of carbonyl (C=O) groups excluding carboxylic acids is 2. The highest BCUT2D eigenvalue weighted by atomic mass is 79.9. The summed E-state index contributed by atoms with van der Waals surface area (Å²) in [5, 5.41) is 0. The lowest BCUT2D eigenvalue weighted by molar-refractivity contribution is -0.135. The second-order valence-corrected chi connectivity index (χ2v) is 6.05. The van der Waals surface area contributed by atoms with Crippen LogP contribution in [-0.4, -0.2) is 18.2 Å². The summed E-state index contributed by atoms with van der Waals surface area (Å²) in [6.45, 7) is 4.39. The van der Waals surface area contributed by atoms with E-state index in [2.05, 4.69) is 15.9 Å². The van der Waals surface area contributed by atoms with Gasteiger partial charge in [-0.15, -0.1) is 0 Å². The molecule has 4 heteroatoms. The van der Waals surface area contributed by atoms with Gasteiger partial charge >= 0.3 is 0 Å². The standard InChI is InChI=1S/C15H18BrNO2/c1-10(2)14(18)11-6-5-9-17(15(11)19)13-8-4-3-7-12(13)16/h3-4,7-8,10-11H,5-6,9H2,1-2H3. The first-order chi connectivity index (χ1) is 9.02. The van der Waals surface area contributed by atoms with Gasteiger partial charge in [0, 0.05) is 16.9 Å². The zero-order valence-electron chi connectivity index (χ0n) is 11.2. The quantitative estimate of drug-likeness (QED) is 0.799. The van der Waals surface area contributed by atoms with Crippen LogP contribution in [0, 0.1) is 11.8 Å². The minimum absolute atomic E-state index is 0.0572. The number of carbonyl (C=O) groups is 2. The maximum atomic E-state index is 12.5. The van der Waals surface area contributed by atoms with Crippen LogP contribution in [0.4, 0.5) is 5.69 Å². The number of hydrogen-bond acceptors (Lipinski definition) is 2. The zero-order chi connectivity index (χ0) is 14.0. The van der Waals surface area contributed by atoms with Crippen molar-refractivity contribution in [3.8, 4) is 0 Å². The van der Waals surface area contributed by atoms with Crippen molar-refractivity contribution in [2.24, 2.45) is 11.8 Å². The van der Waals surface area contributed by atoms with Crippen molar-refractivity contribution in [3.63, 3.8) is 0 Å². The highest BCUT2D eigenvalue weighted by molar-refractivity contribution is 9.10. The van der Waals surface area contributed by atoms with Crippen LogP contribution in [0.1, 0.15) is 26.7 Å². The van der Waals surface area contributed by atoms with Gasteiger partial charge < -0.3 is 4.90 Å². The second-order valence-electron chi connectivity index (χ2n) is 5.19. The molecule has 0 aliphatic carbocycles. The van der Waals surface area contributed by atoms with Crippen molar-refractivity contribution in [2.75, 3.05) is 11.4 Å². The van der Waals surface area contributed by atoms with Gasteiger partial charge in [-0.25, -0.2) is 0 Å². The Morgan fingerprint density at radius 1 is 1.37 bits per heavy atom. The Balaban J connectivity index is 2.26. The SMILES string of the molecule is CC(C)C(=O)C1CCCN(c2ccccc2Br)C1=O. The molecule has 1 saturated heterocycles. The average molecular weight is 324 g/mol. The largest absolute Gasteiger partial charge is 0.311 e. The molecule has 0 bridgehead atoms. The molecule has 1 fully saturated rings. The fraction of sp³-hybridized carbons (Fsp3) is 0.467. The van der Waals surface area contributed by atoms with Crippen molar-refractivity contribution in [3.05, 3.63) is 28.7 Å². The van der Waals surface area contributed by atoms with Crippen LogP contribution < -0.4 is 4.90 Å². The Labute approximate surface area is 122 Å². The molecule has 1 heterocycles. The third-order valence-electron chi connectivity index (χ3n) is 3.49. The predicted molar refractivity (Wildman–Crippen MR) is 79.1 cm³/mol. The zero-order valence-corrected chi connectivity index (χ0v) is 12.8. The minimum atomic E-state index is -0.471. The molecule has 102 valence electrons. The van der Waals surface area contributed by atoms with E-state index in [9.17, 15) is 9.59 Å². The van der Waals surface area contributed by atoms with E-state index in [4.69, 9.17) is 0 Å². The number of nitrogens with zero attached hydrogens (tertiary/aromatic N) is 1. The molecule has 19 heavy (non-hydrogen) atoms. The maximum absolute atomic E-state index is 12.5. The fourth-order valence-electron chi connectivity index (χ4n) is 2.45. The van der Waals surface area contributed by atoms with Crippen molar-refractivity contribution < 1.29 is 9.59 Å². The number of ketones is 1. The van der Waals surface area contributed by atoms with E-state index in [-0.39, 0.29) is 17.6 Å². The first-order valence-electron chi connectivity index (χ1n) is 6.62. The van der Waals surface area contributed by atoms with E-state index >= 15 is 0 Å². The van der Waals surface area contributed by atoms with E-state index < -0.39 is 5.92 Å². The lowest BCUT2D eigenvalue weighted by Crippen LogP contribution is -2.45. The molecule has 1 aromatic rings. The number of anilines is 1. The van der Waals surface area contributed by atoms with E-state index in [0.717, 1.165) is 16.6 Å². The Morgan fingerprint density at radius 2 is 2.05 bits per heavy atom. The van der Waals surface area contributed by atoms with Crippen molar-refractivity contribution >= 4 is 33.3 Å².